The Morgan fingerprint density at radius 1 is 1.44 bits per heavy atom. The number of nitrogens with zero attached hydrogens (tertiary/aromatic N) is 2. The van der Waals surface area contributed by atoms with Gasteiger partial charge in [0.25, 0.3) is 0 Å². The van der Waals surface area contributed by atoms with E-state index in [0.717, 1.165) is 31.6 Å². The molecule has 18 heavy (non-hydrogen) atoms. The summed E-state index contributed by atoms with van der Waals surface area (Å²) in [6, 6.07) is 6.55. The van der Waals surface area contributed by atoms with Crippen LogP contribution in [0.25, 0.3) is 0 Å². The Morgan fingerprint density at radius 2 is 2.28 bits per heavy atom. The van der Waals surface area contributed by atoms with E-state index in [9.17, 15) is 0 Å². The van der Waals surface area contributed by atoms with Gasteiger partial charge in [-0.25, -0.2) is 0 Å². The van der Waals surface area contributed by atoms with E-state index in [1.165, 1.54) is 16.7 Å². The summed E-state index contributed by atoms with van der Waals surface area (Å²) >= 11 is 0. The third-order valence-corrected chi connectivity index (χ3v) is 3.52. The number of nitrogens with two attached hydrogens (primary N) is 1. The lowest BCUT2D eigenvalue weighted by Crippen LogP contribution is -2.24. The lowest BCUT2D eigenvalue weighted by atomic mass is 9.99. The van der Waals surface area contributed by atoms with E-state index >= 15 is 0 Å². The summed E-state index contributed by atoms with van der Waals surface area (Å²) in [4.78, 5) is 6.38. The molecule has 0 saturated carbocycles. The molecule has 0 atom stereocenters. The maximum Gasteiger partial charge on any atom is 0.0707 e. The van der Waals surface area contributed by atoms with Crippen molar-refractivity contribution in [1.29, 1.82) is 0 Å². The van der Waals surface area contributed by atoms with E-state index in [2.05, 4.69) is 35.0 Å². The molecule has 0 saturated heterocycles. The predicted molar refractivity (Wildman–Crippen MR) is 76.6 cm³/mol. The van der Waals surface area contributed by atoms with Crippen molar-refractivity contribution >= 4 is 6.21 Å². The lowest BCUT2D eigenvalue weighted by Gasteiger charge is -2.23. The number of fused-ring (bicyclic) bond motifs is 1. The van der Waals surface area contributed by atoms with Gasteiger partial charge in [-0.15, -0.1) is 0 Å². The highest BCUT2D eigenvalue weighted by Crippen LogP contribution is 2.23. The van der Waals surface area contributed by atoms with Gasteiger partial charge in [0.1, 0.15) is 0 Å². The van der Waals surface area contributed by atoms with E-state index < -0.39 is 0 Å². The molecular formula is C15H21N3. The van der Waals surface area contributed by atoms with Crippen LogP contribution in [0.2, 0.25) is 0 Å². The van der Waals surface area contributed by atoms with Crippen molar-refractivity contribution in [2.24, 2.45) is 10.7 Å². The normalized spacial score (nSPS) is 16.8. The summed E-state index contributed by atoms with van der Waals surface area (Å²) in [6.45, 7) is 4.15. The molecule has 3 nitrogen and oxygen atoms in total. The molecule has 0 amide bonds. The van der Waals surface area contributed by atoms with Crippen LogP contribution in [0.5, 0.6) is 0 Å². The topological polar surface area (TPSA) is 41.6 Å². The number of benzene rings is 1. The molecule has 3 heteroatoms. The Hall–Kier alpha value is -1.77. The van der Waals surface area contributed by atoms with Crippen LogP contribution in [0.4, 0.5) is 0 Å². The average molecular weight is 243 g/mol. The van der Waals surface area contributed by atoms with Gasteiger partial charge in [-0.2, -0.15) is 0 Å². The molecule has 0 fully saturated rings. The van der Waals surface area contributed by atoms with Gasteiger partial charge in [0.2, 0.25) is 0 Å². The first kappa shape index (κ1) is 12.7. The van der Waals surface area contributed by atoms with Crippen molar-refractivity contribution in [1.82, 2.24) is 4.90 Å². The van der Waals surface area contributed by atoms with Crippen LogP contribution < -0.4 is 5.73 Å². The van der Waals surface area contributed by atoms with Crippen LogP contribution in [0.3, 0.4) is 0 Å². The van der Waals surface area contributed by atoms with Crippen LogP contribution in [-0.2, 0) is 13.0 Å². The van der Waals surface area contributed by atoms with Gasteiger partial charge >= 0.3 is 0 Å². The van der Waals surface area contributed by atoms with Crippen LogP contribution >= 0.6 is 0 Å². The Kier molecular flexibility index (Phi) is 4.03. The number of aryl methyl sites for hydroxylation is 1. The fourth-order valence-electron chi connectivity index (χ4n) is 2.58. The quantitative estimate of drug-likeness (QED) is 0.809. The summed E-state index contributed by atoms with van der Waals surface area (Å²) in [5.74, 6) is 0. The molecule has 2 N–H and O–H groups in total. The molecular weight excluding hydrogens is 222 g/mol. The molecule has 1 heterocycles. The maximum atomic E-state index is 5.70. The van der Waals surface area contributed by atoms with Gasteiger partial charge in [0.15, 0.2) is 0 Å². The van der Waals surface area contributed by atoms with E-state index in [4.69, 9.17) is 5.73 Å². The Bertz CT molecular complexity index is 475. The number of allylic oxidation sites excluding steroid dienone is 1. The highest BCUT2D eigenvalue weighted by Gasteiger charge is 2.16. The maximum absolute atomic E-state index is 5.70. The Balaban J connectivity index is 2.29. The SMILES string of the molecule is CN=CC(=CN)N1CCCc2c(C)cccc2C1. The van der Waals surface area contributed by atoms with Gasteiger partial charge in [0, 0.05) is 32.6 Å². The molecule has 2 rings (SSSR count). The molecule has 1 aliphatic rings. The second kappa shape index (κ2) is 5.71. The van der Waals surface area contributed by atoms with E-state index in [1.54, 1.807) is 13.2 Å². The minimum atomic E-state index is 0.923. The van der Waals surface area contributed by atoms with Crippen molar-refractivity contribution in [3.63, 3.8) is 0 Å². The monoisotopic (exact) mass is 243 g/mol. The number of rotatable bonds is 2. The van der Waals surface area contributed by atoms with Gasteiger partial charge in [-0.05, 0) is 36.5 Å². The summed E-state index contributed by atoms with van der Waals surface area (Å²) in [7, 11) is 1.78. The van der Waals surface area contributed by atoms with Crippen LogP contribution in [-0.4, -0.2) is 24.7 Å². The average Bonchev–Trinajstić information content (AvgIpc) is 2.59. The lowest BCUT2D eigenvalue weighted by molar-refractivity contribution is 0.359. The van der Waals surface area contributed by atoms with Crippen molar-refractivity contribution in [2.45, 2.75) is 26.3 Å². The van der Waals surface area contributed by atoms with Crippen LogP contribution in [0.1, 0.15) is 23.1 Å². The molecule has 0 bridgehead atoms. The third-order valence-electron chi connectivity index (χ3n) is 3.52. The molecule has 1 aromatic rings. The second-order valence-corrected chi connectivity index (χ2v) is 4.72. The molecule has 0 aromatic heterocycles. The smallest absolute Gasteiger partial charge is 0.0707 e. The summed E-state index contributed by atoms with van der Waals surface area (Å²) < 4.78 is 0. The summed E-state index contributed by atoms with van der Waals surface area (Å²) in [5.41, 5.74) is 11.0. The van der Waals surface area contributed by atoms with Crippen LogP contribution in [0, 0.1) is 6.92 Å². The number of hydrogen-bond acceptors (Lipinski definition) is 3. The van der Waals surface area contributed by atoms with E-state index in [1.807, 2.05) is 6.21 Å². The largest absolute Gasteiger partial charge is 0.403 e. The zero-order chi connectivity index (χ0) is 13.0. The Morgan fingerprint density at radius 3 is 3.00 bits per heavy atom. The molecule has 96 valence electrons. The minimum Gasteiger partial charge on any atom is -0.403 e. The first-order valence-corrected chi connectivity index (χ1v) is 6.42. The predicted octanol–water partition coefficient (Wildman–Crippen LogP) is 2.24. The van der Waals surface area contributed by atoms with Crippen LogP contribution in [0.15, 0.2) is 35.1 Å². The summed E-state index contributed by atoms with van der Waals surface area (Å²) in [5, 5.41) is 0. The number of aliphatic imine (C=N–C) groups is 1. The van der Waals surface area contributed by atoms with Crippen molar-refractivity contribution < 1.29 is 0 Å². The van der Waals surface area contributed by atoms with Gasteiger partial charge in [-0.3, -0.25) is 4.99 Å². The van der Waals surface area contributed by atoms with E-state index in [-0.39, 0.29) is 0 Å². The zero-order valence-electron chi connectivity index (χ0n) is 11.2. The minimum absolute atomic E-state index is 0.923. The molecule has 1 aromatic carbocycles. The standard InChI is InChI=1S/C15H21N3/c1-12-5-3-6-13-11-18(8-4-7-15(12)13)14(9-16)10-17-2/h3,5-6,9-10H,4,7-8,11,16H2,1-2H3. The Labute approximate surface area is 109 Å². The first-order valence-electron chi connectivity index (χ1n) is 6.42. The number of hydrogen-bond donors (Lipinski definition) is 1. The molecule has 0 radical (unpaired) electrons. The van der Waals surface area contributed by atoms with Crippen molar-refractivity contribution in [3.05, 3.63) is 46.8 Å². The second-order valence-electron chi connectivity index (χ2n) is 4.72. The molecule has 0 unspecified atom stereocenters. The fraction of sp³-hybridized carbons (Fsp3) is 0.400. The van der Waals surface area contributed by atoms with Gasteiger partial charge in [-0.1, -0.05) is 18.2 Å². The first-order chi connectivity index (χ1) is 8.76. The van der Waals surface area contributed by atoms with Crippen molar-refractivity contribution in [3.8, 4) is 0 Å². The molecule has 1 aliphatic heterocycles. The molecule has 0 spiro atoms. The highest BCUT2D eigenvalue weighted by molar-refractivity contribution is 5.77. The van der Waals surface area contributed by atoms with Crippen molar-refractivity contribution in [2.75, 3.05) is 13.6 Å². The zero-order valence-corrected chi connectivity index (χ0v) is 11.2. The molecule has 0 aliphatic carbocycles. The highest BCUT2D eigenvalue weighted by atomic mass is 15.1. The third kappa shape index (κ3) is 2.55. The van der Waals surface area contributed by atoms with Gasteiger partial charge < -0.3 is 10.6 Å². The van der Waals surface area contributed by atoms with Gasteiger partial charge in [0.05, 0.1) is 5.70 Å². The fourth-order valence-corrected chi connectivity index (χ4v) is 2.58. The van der Waals surface area contributed by atoms with E-state index in [0.29, 0.717) is 0 Å². The summed E-state index contributed by atoms with van der Waals surface area (Å²) in [6.07, 6.45) is 5.79.